The van der Waals surface area contributed by atoms with Crippen molar-refractivity contribution in [1.29, 1.82) is 0 Å². The van der Waals surface area contributed by atoms with Crippen LogP contribution in [0.5, 0.6) is 0 Å². The van der Waals surface area contributed by atoms with Crippen LogP contribution in [0.2, 0.25) is 0 Å². The van der Waals surface area contributed by atoms with E-state index < -0.39 is 24.6 Å². The van der Waals surface area contributed by atoms with E-state index in [4.69, 9.17) is 0 Å². The van der Waals surface area contributed by atoms with Gasteiger partial charge in [0, 0.05) is 6.42 Å². The molecule has 11 heavy (non-hydrogen) atoms. The third-order valence-electron chi connectivity index (χ3n) is 1.30. The van der Waals surface area contributed by atoms with Gasteiger partial charge in [-0.05, 0) is 0 Å². The summed E-state index contributed by atoms with van der Waals surface area (Å²) < 4.78 is 62.5. The van der Waals surface area contributed by atoms with Crippen molar-refractivity contribution in [2.24, 2.45) is 0 Å². The minimum Gasteiger partial charge on any atom is -0.373 e. The first-order chi connectivity index (χ1) is 4.83. The lowest BCUT2D eigenvalue weighted by Gasteiger charge is -2.17. The molecule has 0 unspecified atom stereocenters. The first-order valence-electron chi connectivity index (χ1n) is 2.89. The van der Waals surface area contributed by atoms with E-state index in [1.807, 2.05) is 0 Å². The number of alkyl halides is 5. The zero-order chi connectivity index (χ0) is 8.70. The molecule has 0 aromatic carbocycles. The van der Waals surface area contributed by atoms with Crippen molar-refractivity contribution in [3.8, 4) is 0 Å². The first kappa shape index (κ1) is 8.70. The average Bonchev–Trinajstić information content (AvgIpc) is 2.45. The highest BCUT2D eigenvalue weighted by Crippen LogP contribution is 2.41. The lowest BCUT2D eigenvalue weighted by atomic mass is 10.2. The molecule has 1 rings (SSSR count). The van der Waals surface area contributed by atoms with Gasteiger partial charge >= 0.3 is 12.1 Å². The maximum atomic E-state index is 12.0. The Hall–Kier alpha value is -0.390. The third-order valence-corrected chi connectivity index (χ3v) is 1.30. The standard InChI is InChI=1S/C5H5F5O/c6-4(7,5(8,9)10)1-3-2-11-3/h3H,1-2H2/t3-/m1/s1. The highest BCUT2D eigenvalue weighted by atomic mass is 19.4. The molecule has 1 aliphatic heterocycles. The van der Waals surface area contributed by atoms with Crippen LogP contribution in [0, 0.1) is 0 Å². The van der Waals surface area contributed by atoms with Crippen molar-refractivity contribution in [3.63, 3.8) is 0 Å². The van der Waals surface area contributed by atoms with Gasteiger partial charge in [-0.25, -0.2) is 0 Å². The highest BCUT2D eigenvalue weighted by molar-refractivity contribution is 4.83. The van der Waals surface area contributed by atoms with E-state index in [2.05, 4.69) is 4.74 Å². The second kappa shape index (κ2) is 2.30. The molecule has 1 fully saturated rings. The third kappa shape index (κ3) is 2.02. The number of hydrogen-bond donors (Lipinski definition) is 0. The van der Waals surface area contributed by atoms with E-state index in [9.17, 15) is 22.0 Å². The largest absolute Gasteiger partial charge is 0.453 e. The summed E-state index contributed by atoms with van der Waals surface area (Å²) in [5.41, 5.74) is 0. The van der Waals surface area contributed by atoms with Gasteiger partial charge in [0.25, 0.3) is 0 Å². The summed E-state index contributed by atoms with van der Waals surface area (Å²) in [6, 6.07) is 0. The molecule has 6 heteroatoms. The SMILES string of the molecule is FC(F)(F)C(F)(F)C[C@@H]1CO1. The number of hydrogen-bond acceptors (Lipinski definition) is 1. The Morgan fingerprint density at radius 1 is 1.18 bits per heavy atom. The number of ether oxygens (including phenoxy) is 1. The molecule has 1 nitrogen and oxygen atoms in total. The fourth-order valence-corrected chi connectivity index (χ4v) is 0.588. The smallest absolute Gasteiger partial charge is 0.373 e. The van der Waals surface area contributed by atoms with E-state index in [1.165, 1.54) is 0 Å². The predicted molar refractivity (Wildman–Crippen MR) is 25.4 cm³/mol. The molecule has 1 heterocycles. The molecule has 1 atom stereocenters. The van der Waals surface area contributed by atoms with Crippen LogP contribution in [-0.4, -0.2) is 24.8 Å². The van der Waals surface area contributed by atoms with Gasteiger partial charge in [0.2, 0.25) is 0 Å². The summed E-state index contributed by atoms with van der Waals surface area (Å²) in [5, 5.41) is 0. The van der Waals surface area contributed by atoms with Gasteiger partial charge in [-0.2, -0.15) is 22.0 Å². The van der Waals surface area contributed by atoms with Crippen LogP contribution in [0.3, 0.4) is 0 Å². The average molecular weight is 176 g/mol. The Morgan fingerprint density at radius 3 is 1.91 bits per heavy atom. The molecule has 0 aromatic rings. The summed E-state index contributed by atoms with van der Waals surface area (Å²) in [6.07, 6.45) is -7.61. The van der Waals surface area contributed by atoms with Crippen LogP contribution < -0.4 is 0 Å². The van der Waals surface area contributed by atoms with Gasteiger partial charge in [-0.15, -0.1) is 0 Å². The summed E-state index contributed by atoms with van der Waals surface area (Å²) in [4.78, 5) is 0. The fraction of sp³-hybridized carbons (Fsp3) is 1.00. The summed E-state index contributed by atoms with van der Waals surface area (Å²) in [7, 11) is 0. The Morgan fingerprint density at radius 2 is 1.64 bits per heavy atom. The first-order valence-corrected chi connectivity index (χ1v) is 2.89. The van der Waals surface area contributed by atoms with Gasteiger partial charge in [0.15, 0.2) is 0 Å². The van der Waals surface area contributed by atoms with Crippen molar-refractivity contribution >= 4 is 0 Å². The van der Waals surface area contributed by atoms with Crippen molar-refractivity contribution < 1.29 is 26.7 Å². The summed E-state index contributed by atoms with van der Waals surface area (Å²) >= 11 is 0. The van der Waals surface area contributed by atoms with Crippen molar-refractivity contribution in [3.05, 3.63) is 0 Å². The lowest BCUT2D eigenvalue weighted by Crippen LogP contribution is -2.37. The predicted octanol–water partition coefficient (Wildman–Crippen LogP) is 1.97. The monoisotopic (exact) mass is 176 g/mol. The van der Waals surface area contributed by atoms with E-state index in [-0.39, 0.29) is 6.61 Å². The van der Waals surface area contributed by atoms with Crippen LogP contribution in [0.15, 0.2) is 0 Å². The topological polar surface area (TPSA) is 12.5 Å². The molecule has 66 valence electrons. The molecule has 0 spiro atoms. The lowest BCUT2D eigenvalue weighted by molar-refractivity contribution is -0.285. The van der Waals surface area contributed by atoms with Gasteiger partial charge in [-0.3, -0.25) is 0 Å². The maximum absolute atomic E-state index is 12.0. The molecule has 1 aliphatic rings. The zero-order valence-electron chi connectivity index (χ0n) is 5.29. The van der Waals surface area contributed by atoms with E-state index in [1.54, 1.807) is 0 Å². The zero-order valence-corrected chi connectivity index (χ0v) is 5.29. The van der Waals surface area contributed by atoms with Gasteiger partial charge in [0.1, 0.15) is 0 Å². The van der Waals surface area contributed by atoms with Gasteiger partial charge in [0.05, 0.1) is 12.7 Å². The number of rotatable bonds is 2. The molecule has 0 aliphatic carbocycles. The Labute approximate surface area is 59.1 Å². The molecular weight excluding hydrogens is 171 g/mol. The number of epoxide rings is 1. The summed E-state index contributed by atoms with van der Waals surface area (Å²) in [5.74, 6) is -4.60. The Kier molecular flexibility index (Phi) is 1.82. The van der Waals surface area contributed by atoms with Crippen molar-refractivity contribution in [2.75, 3.05) is 6.61 Å². The molecule has 0 aromatic heterocycles. The molecule has 1 saturated heterocycles. The van der Waals surface area contributed by atoms with Crippen LogP contribution in [0.25, 0.3) is 0 Å². The molecule has 0 bridgehead atoms. The highest BCUT2D eigenvalue weighted by Gasteiger charge is 2.59. The minimum atomic E-state index is -5.45. The van der Waals surface area contributed by atoms with Gasteiger partial charge in [-0.1, -0.05) is 0 Å². The molecule has 0 radical (unpaired) electrons. The molecule has 0 saturated carbocycles. The van der Waals surface area contributed by atoms with E-state index in [0.717, 1.165) is 0 Å². The fourth-order valence-electron chi connectivity index (χ4n) is 0.588. The second-order valence-corrected chi connectivity index (χ2v) is 2.36. The van der Waals surface area contributed by atoms with Gasteiger partial charge < -0.3 is 4.74 Å². The van der Waals surface area contributed by atoms with Crippen LogP contribution in [-0.2, 0) is 4.74 Å². The quantitative estimate of drug-likeness (QED) is 0.463. The van der Waals surface area contributed by atoms with Crippen molar-refractivity contribution in [1.82, 2.24) is 0 Å². The minimum absolute atomic E-state index is 0.00562. The Bertz CT molecular complexity index is 147. The van der Waals surface area contributed by atoms with Crippen molar-refractivity contribution in [2.45, 2.75) is 24.6 Å². The van der Waals surface area contributed by atoms with Crippen LogP contribution in [0.1, 0.15) is 6.42 Å². The maximum Gasteiger partial charge on any atom is 0.453 e. The van der Waals surface area contributed by atoms with Crippen LogP contribution in [0.4, 0.5) is 22.0 Å². The second-order valence-electron chi connectivity index (χ2n) is 2.36. The molecule has 0 N–H and O–H groups in total. The normalized spacial score (nSPS) is 25.4. The summed E-state index contributed by atoms with van der Waals surface area (Å²) in [6.45, 7) is 0.00562. The number of halogens is 5. The molecule has 0 amide bonds. The molecular formula is C5H5F5O. The van der Waals surface area contributed by atoms with E-state index >= 15 is 0 Å². The van der Waals surface area contributed by atoms with Crippen LogP contribution >= 0.6 is 0 Å². The van der Waals surface area contributed by atoms with E-state index in [0.29, 0.717) is 0 Å². The Balaban J connectivity index is 2.49.